The minimum Gasteiger partial charge on any atom is -0.501 e. The standard InChI is InChI=1S/C5H8O3/c1-2-8-4-3-5(6)7/h2H,1,3-4H2,(H,6,7). The number of ether oxygens (including phenoxy) is 1. The van der Waals surface area contributed by atoms with Crippen molar-refractivity contribution in [3.05, 3.63) is 12.8 Å². The Bertz CT molecular complexity index is 87.7. The van der Waals surface area contributed by atoms with Crippen LogP contribution in [0.5, 0.6) is 0 Å². The summed E-state index contributed by atoms with van der Waals surface area (Å²) in [5.41, 5.74) is 0. The van der Waals surface area contributed by atoms with E-state index in [2.05, 4.69) is 11.3 Å². The first-order valence-electron chi connectivity index (χ1n) is 2.21. The first-order valence-corrected chi connectivity index (χ1v) is 2.21. The van der Waals surface area contributed by atoms with Crippen molar-refractivity contribution in [3.63, 3.8) is 0 Å². The molecule has 0 amide bonds. The summed E-state index contributed by atoms with van der Waals surface area (Å²) in [6.07, 6.45) is 1.26. The van der Waals surface area contributed by atoms with E-state index in [0.717, 1.165) is 0 Å². The van der Waals surface area contributed by atoms with Crippen LogP contribution in [0.25, 0.3) is 0 Å². The Morgan fingerprint density at radius 2 is 2.50 bits per heavy atom. The number of hydrogen-bond acceptors (Lipinski definition) is 2. The average molecular weight is 116 g/mol. The molecule has 0 radical (unpaired) electrons. The first kappa shape index (κ1) is 7.01. The van der Waals surface area contributed by atoms with Gasteiger partial charge in [0.25, 0.3) is 0 Å². The zero-order chi connectivity index (χ0) is 6.41. The second-order valence-corrected chi connectivity index (χ2v) is 1.18. The topological polar surface area (TPSA) is 46.5 Å². The monoisotopic (exact) mass is 116 g/mol. The lowest BCUT2D eigenvalue weighted by Gasteiger charge is -1.92. The van der Waals surface area contributed by atoms with Crippen LogP contribution in [0.4, 0.5) is 0 Å². The maximum Gasteiger partial charge on any atom is 0.306 e. The molecule has 0 unspecified atom stereocenters. The Balaban J connectivity index is 2.93. The molecule has 0 atom stereocenters. The van der Waals surface area contributed by atoms with Gasteiger partial charge in [0.2, 0.25) is 0 Å². The maximum atomic E-state index is 9.76. The SMILES string of the molecule is C=COCCC(=O)O. The molecular formula is C5H8O3. The Labute approximate surface area is 47.6 Å². The van der Waals surface area contributed by atoms with Crippen molar-refractivity contribution in [1.29, 1.82) is 0 Å². The van der Waals surface area contributed by atoms with Crippen LogP contribution in [0.1, 0.15) is 6.42 Å². The molecule has 8 heavy (non-hydrogen) atoms. The van der Waals surface area contributed by atoms with Gasteiger partial charge in [0.1, 0.15) is 0 Å². The Morgan fingerprint density at radius 1 is 1.88 bits per heavy atom. The molecule has 0 aliphatic carbocycles. The number of aliphatic carboxylic acids is 1. The van der Waals surface area contributed by atoms with E-state index in [1.165, 1.54) is 6.26 Å². The van der Waals surface area contributed by atoms with Crippen molar-refractivity contribution in [3.8, 4) is 0 Å². The van der Waals surface area contributed by atoms with Crippen molar-refractivity contribution in [2.24, 2.45) is 0 Å². The van der Waals surface area contributed by atoms with Gasteiger partial charge in [0.05, 0.1) is 19.3 Å². The Kier molecular flexibility index (Phi) is 3.66. The van der Waals surface area contributed by atoms with Gasteiger partial charge in [-0.05, 0) is 0 Å². The highest BCUT2D eigenvalue weighted by Gasteiger charge is 1.92. The summed E-state index contributed by atoms with van der Waals surface area (Å²) in [5.74, 6) is -0.855. The van der Waals surface area contributed by atoms with E-state index in [-0.39, 0.29) is 13.0 Å². The minimum atomic E-state index is -0.855. The van der Waals surface area contributed by atoms with Crippen LogP contribution in [0.3, 0.4) is 0 Å². The van der Waals surface area contributed by atoms with Crippen LogP contribution in [0.15, 0.2) is 12.8 Å². The van der Waals surface area contributed by atoms with Crippen molar-refractivity contribution in [1.82, 2.24) is 0 Å². The van der Waals surface area contributed by atoms with Gasteiger partial charge in [-0.3, -0.25) is 4.79 Å². The molecule has 0 aliphatic heterocycles. The molecule has 0 aliphatic rings. The van der Waals surface area contributed by atoms with E-state index < -0.39 is 5.97 Å². The number of rotatable bonds is 4. The van der Waals surface area contributed by atoms with Crippen LogP contribution in [0.2, 0.25) is 0 Å². The summed E-state index contributed by atoms with van der Waals surface area (Å²) in [6, 6.07) is 0. The van der Waals surface area contributed by atoms with Gasteiger partial charge in [-0.15, -0.1) is 0 Å². The van der Waals surface area contributed by atoms with Gasteiger partial charge in [0, 0.05) is 0 Å². The molecule has 3 nitrogen and oxygen atoms in total. The van der Waals surface area contributed by atoms with Gasteiger partial charge >= 0.3 is 5.97 Å². The van der Waals surface area contributed by atoms with Crippen molar-refractivity contribution in [2.75, 3.05) is 6.61 Å². The van der Waals surface area contributed by atoms with Crippen LogP contribution >= 0.6 is 0 Å². The molecule has 0 heterocycles. The van der Waals surface area contributed by atoms with E-state index >= 15 is 0 Å². The zero-order valence-electron chi connectivity index (χ0n) is 4.46. The molecule has 1 N–H and O–H groups in total. The lowest BCUT2D eigenvalue weighted by atomic mass is 10.5. The zero-order valence-corrected chi connectivity index (χ0v) is 4.46. The molecule has 0 rings (SSSR count). The molecule has 0 spiro atoms. The number of carboxylic acids is 1. The van der Waals surface area contributed by atoms with Gasteiger partial charge in [-0.1, -0.05) is 6.58 Å². The third-order valence-corrected chi connectivity index (χ3v) is 0.552. The largest absolute Gasteiger partial charge is 0.501 e. The molecule has 46 valence electrons. The highest BCUT2D eigenvalue weighted by Crippen LogP contribution is 1.80. The lowest BCUT2D eigenvalue weighted by molar-refractivity contribution is -0.137. The molecule has 0 fully saturated rings. The summed E-state index contributed by atoms with van der Waals surface area (Å²) in [5, 5.41) is 8.03. The summed E-state index contributed by atoms with van der Waals surface area (Å²) >= 11 is 0. The normalized spacial score (nSPS) is 8.00. The van der Waals surface area contributed by atoms with Crippen LogP contribution in [0, 0.1) is 0 Å². The van der Waals surface area contributed by atoms with Crippen LogP contribution in [-0.4, -0.2) is 17.7 Å². The minimum absolute atomic E-state index is 0.0337. The smallest absolute Gasteiger partial charge is 0.306 e. The second kappa shape index (κ2) is 4.18. The second-order valence-electron chi connectivity index (χ2n) is 1.18. The number of carboxylic acid groups (broad SMARTS) is 1. The summed E-state index contributed by atoms with van der Waals surface area (Å²) in [6.45, 7) is 3.45. The molecular weight excluding hydrogens is 108 g/mol. The molecule has 0 aromatic rings. The summed E-state index contributed by atoms with van der Waals surface area (Å²) in [4.78, 5) is 9.76. The maximum absolute atomic E-state index is 9.76. The fraction of sp³-hybridized carbons (Fsp3) is 0.400. The van der Waals surface area contributed by atoms with E-state index in [0.29, 0.717) is 0 Å². The quantitative estimate of drug-likeness (QED) is 0.432. The Morgan fingerprint density at radius 3 is 2.88 bits per heavy atom. The predicted octanol–water partition coefficient (Wildman–Crippen LogP) is 0.621. The lowest BCUT2D eigenvalue weighted by Crippen LogP contribution is -1.98. The Hall–Kier alpha value is -0.990. The highest BCUT2D eigenvalue weighted by molar-refractivity contribution is 5.66. The van der Waals surface area contributed by atoms with Gasteiger partial charge in [0.15, 0.2) is 0 Å². The van der Waals surface area contributed by atoms with E-state index in [4.69, 9.17) is 5.11 Å². The van der Waals surface area contributed by atoms with E-state index in [1.54, 1.807) is 0 Å². The predicted molar refractivity (Wildman–Crippen MR) is 28.4 cm³/mol. The van der Waals surface area contributed by atoms with Gasteiger partial charge in [-0.25, -0.2) is 0 Å². The number of carbonyl (C=O) groups is 1. The van der Waals surface area contributed by atoms with E-state index in [9.17, 15) is 4.79 Å². The third-order valence-electron chi connectivity index (χ3n) is 0.552. The highest BCUT2D eigenvalue weighted by atomic mass is 16.5. The fourth-order valence-electron chi connectivity index (χ4n) is 0.230. The third kappa shape index (κ3) is 5.01. The van der Waals surface area contributed by atoms with Crippen molar-refractivity contribution < 1.29 is 14.6 Å². The number of hydrogen-bond donors (Lipinski definition) is 1. The molecule has 3 heteroatoms. The molecule has 0 bridgehead atoms. The fourth-order valence-corrected chi connectivity index (χ4v) is 0.230. The van der Waals surface area contributed by atoms with Crippen molar-refractivity contribution in [2.45, 2.75) is 6.42 Å². The first-order chi connectivity index (χ1) is 3.77. The molecule has 0 saturated heterocycles. The van der Waals surface area contributed by atoms with Gasteiger partial charge < -0.3 is 9.84 Å². The molecule has 0 aromatic heterocycles. The van der Waals surface area contributed by atoms with Crippen LogP contribution in [-0.2, 0) is 9.53 Å². The van der Waals surface area contributed by atoms with Crippen LogP contribution < -0.4 is 0 Å². The van der Waals surface area contributed by atoms with Gasteiger partial charge in [-0.2, -0.15) is 0 Å². The molecule has 0 saturated carbocycles. The summed E-state index contributed by atoms with van der Waals surface area (Å²) in [7, 11) is 0. The molecule has 0 aromatic carbocycles. The van der Waals surface area contributed by atoms with Crippen molar-refractivity contribution >= 4 is 5.97 Å². The summed E-state index contributed by atoms with van der Waals surface area (Å²) < 4.78 is 4.53. The van der Waals surface area contributed by atoms with E-state index in [1.807, 2.05) is 0 Å². The average Bonchev–Trinajstić information content (AvgIpc) is 1.66.